The smallest absolute Gasteiger partial charge is 0.410 e. The highest BCUT2D eigenvalue weighted by Crippen LogP contribution is 2.20. The summed E-state index contributed by atoms with van der Waals surface area (Å²) in [5.74, 6) is 0. The molecule has 1 fully saturated rings. The van der Waals surface area contributed by atoms with Gasteiger partial charge in [-0.15, -0.1) is 0 Å². The van der Waals surface area contributed by atoms with Gasteiger partial charge in [-0.3, -0.25) is 4.90 Å². The number of likely N-dealkylation sites (N-methyl/N-ethyl adjacent to an activating group) is 1. The van der Waals surface area contributed by atoms with Crippen molar-refractivity contribution in [3.63, 3.8) is 0 Å². The van der Waals surface area contributed by atoms with E-state index in [0.29, 0.717) is 13.1 Å². The Hall–Kier alpha value is -1.85. The van der Waals surface area contributed by atoms with Crippen LogP contribution in [0.5, 0.6) is 0 Å². The highest BCUT2D eigenvalue weighted by atomic mass is 79.9. The van der Waals surface area contributed by atoms with Crippen molar-refractivity contribution in [2.45, 2.75) is 19.2 Å². The van der Waals surface area contributed by atoms with E-state index in [9.17, 15) is 4.79 Å². The molecule has 0 saturated carbocycles. The van der Waals surface area contributed by atoms with Crippen molar-refractivity contribution in [1.82, 2.24) is 9.80 Å². The molecular formula is C19H21BrN2O2. The lowest BCUT2D eigenvalue weighted by Gasteiger charge is -2.25. The lowest BCUT2D eigenvalue weighted by molar-refractivity contribution is 0.101. The number of benzene rings is 2. The Morgan fingerprint density at radius 3 is 2.50 bits per heavy atom. The van der Waals surface area contributed by atoms with E-state index >= 15 is 0 Å². The van der Waals surface area contributed by atoms with Gasteiger partial charge in [0.25, 0.3) is 0 Å². The van der Waals surface area contributed by atoms with Crippen molar-refractivity contribution >= 4 is 22.0 Å². The minimum absolute atomic E-state index is 0.0892. The number of hydrogen-bond acceptors (Lipinski definition) is 3. The van der Waals surface area contributed by atoms with Crippen LogP contribution in [0.4, 0.5) is 4.79 Å². The molecule has 1 atom stereocenters. The van der Waals surface area contributed by atoms with E-state index in [0.717, 1.165) is 17.6 Å². The van der Waals surface area contributed by atoms with Crippen molar-refractivity contribution in [3.8, 4) is 0 Å². The molecule has 0 spiro atoms. The number of rotatable bonds is 6. The van der Waals surface area contributed by atoms with Crippen LogP contribution >= 0.6 is 15.9 Å². The van der Waals surface area contributed by atoms with Crippen LogP contribution < -0.4 is 0 Å². The molecule has 2 aromatic rings. The molecule has 0 radical (unpaired) electrons. The Bertz CT molecular complexity index is 693. The highest BCUT2D eigenvalue weighted by molar-refractivity contribution is 9.10. The molecular weight excluding hydrogens is 368 g/mol. The fourth-order valence-corrected chi connectivity index (χ4v) is 3.34. The van der Waals surface area contributed by atoms with Crippen LogP contribution in [0.1, 0.15) is 11.1 Å². The molecule has 1 aliphatic heterocycles. The van der Waals surface area contributed by atoms with Crippen molar-refractivity contribution in [2.24, 2.45) is 0 Å². The van der Waals surface area contributed by atoms with Gasteiger partial charge in [-0.1, -0.05) is 64.5 Å². The second-order valence-electron chi connectivity index (χ2n) is 6.13. The largest absolute Gasteiger partial charge is 0.443 e. The van der Waals surface area contributed by atoms with Gasteiger partial charge in [0.1, 0.15) is 6.10 Å². The summed E-state index contributed by atoms with van der Waals surface area (Å²) in [6, 6.07) is 18.6. The molecule has 0 N–H and O–H groups in total. The SMILES string of the molecule is CN1C[C@@H](CN(Cc2ccccc2)Cc2ccccc2Br)OC1=O. The number of cyclic esters (lactones) is 1. The fourth-order valence-electron chi connectivity index (χ4n) is 2.93. The molecule has 1 aliphatic rings. The molecule has 1 heterocycles. The minimum atomic E-state index is -0.236. The van der Waals surface area contributed by atoms with Gasteiger partial charge in [0.05, 0.1) is 6.54 Å². The summed E-state index contributed by atoms with van der Waals surface area (Å²) in [5, 5.41) is 0. The van der Waals surface area contributed by atoms with Crippen LogP contribution in [-0.4, -0.2) is 42.1 Å². The van der Waals surface area contributed by atoms with E-state index in [1.54, 1.807) is 11.9 Å². The first-order valence-corrected chi connectivity index (χ1v) is 8.82. The van der Waals surface area contributed by atoms with Crippen LogP contribution in [0.25, 0.3) is 0 Å². The Balaban J connectivity index is 1.73. The number of hydrogen-bond donors (Lipinski definition) is 0. The Labute approximate surface area is 151 Å². The van der Waals surface area contributed by atoms with E-state index in [4.69, 9.17) is 4.74 Å². The molecule has 3 rings (SSSR count). The fraction of sp³-hybridized carbons (Fsp3) is 0.316. The molecule has 126 valence electrons. The first-order valence-electron chi connectivity index (χ1n) is 8.03. The quantitative estimate of drug-likeness (QED) is 0.751. The maximum atomic E-state index is 11.6. The predicted octanol–water partition coefficient (Wildman–Crippen LogP) is 3.90. The van der Waals surface area contributed by atoms with Crippen molar-refractivity contribution in [3.05, 3.63) is 70.2 Å². The van der Waals surface area contributed by atoms with Crippen molar-refractivity contribution in [1.29, 1.82) is 0 Å². The van der Waals surface area contributed by atoms with Crippen LogP contribution in [0, 0.1) is 0 Å². The van der Waals surface area contributed by atoms with Gasteiger partial charge in [0.2, 0.25) is 0 Å². The molecule has 24 heavy (non-hydrogen) atoms. The van der Waals surface area contributed by atoms with Crippen LogP contribution in [-0.2, 0) is 17.8 Å². The second-order valence-corrected chi connectivity index (χ2v) is 6.99. The predicted molar refractivity (Wildman–Crippen MR) is 97.6 cm³/mol. The summed E-state index contributed by atoms with van der Waals surface area (Å²) in [6.45, 7) is 2.97. The average molecular weight is 389 g/mol. The molecule has 2 aromatic carbocycles. The standard InChI is InChI=1S/C19H21BrN2O2/c1-21-13-17(24-19(21)23)14-22(11-15-7-3-2-4-8-15)12-16-9-5-6-10-18(16)20/h2-10,17H,11-14H2,1H3/t17-/m0/s1. The lowest BCUT2D eigenvalue weighted by Crippen LogP contribution is -2.34. The number of carbonyl (C=O) groups is 1. The highest BCUT2D eigenvalue weighted by Gasteiger charge is 2.29. The zero-order valence-electron chi connectivity index (χ0n) is 13.7. The number of ether oxygens (including phenoxy) is 1. The third-order valence-electron chi connectivity index (χ3n) is 4.12. The van der Waals surface area contributed by atoms with Gasteiger partial charge in [0, 0.05) is 31.2 Å². The normalized spacial score (nSPS) is 17.4. The van der Waals surface area contributed by atoms with Gasteiger partial charge < -0.3 is 9.64 Å². The van der Waals surface area contributed by atoms with Crippen molar-refractivity contribution in [2.75, 3.05) is 20.1 Å². The van der Waals surface area contributed by atoms with E-state index in [1.807, 2.05) is 18.2 Å². The number of halogens is 1. The summed E-state index contributed by atoms with van der Waals surface area (Å²) < 4.78 is 6.54. The van der Waals surface area contributed by atoms with E-state index in [-0.39, 0.29) is 12.2 Å². The van der Waals surface area contributed by atoms with Crippen molar-refractivity contribution < 1.29 is 9.53 Å². The van der Waals surface area contributed by atoms with E-state index in [2.05, 4.69) is 57.2 Å². The van der Waals surface area contributed by atoms with Crippen LogP contribution in [0.3, 0.4) is 0 Å². The molecule has 0 bridgehead atoms. The number of amides is 1. The lowest BCUT2D eigenvalue weighted by atomic mass is 10.1. The zero-order valence-corrected chi connectivity index (χ0v) is 15.3. The Morgan fingerprint density at radius 1 is 1.12 bits per heavy atom. The second kappa shape index (κ2) is 7.81. The molecule has 1 saturated heterocycles. The van der Waals surface area contributed by atoms with Gasteiger partial charge >= 0.3 is 6.09 Å². The summed E-state index contributed by atoms with van der Waals surface area (Å²) in [5.41, 5.74) is 2.48. The maximum Gasteiger partial charge on any atom is 0.410 e. The maximum absolute atomic E-state index is 11.6. The average Bonchev–Trinajstić information content (AvgIpc) is 2.88. The summed E-state index contributed by atoms with van der Waals surface area (Å²) in [4.78, 5) is 15.6. The molecule has 1 amide bonds. The third-order valence-corrected chi connectivity index (χ3v) is 4.89. The van der Waals surface area contributed by atoms with E-state index < -0.39 is 0 Å². The Kier molecular flexibility index (Phi) is 5.53. The Morgan fingerprint density at radius 2 is 1.83 bits per heavy atom. The third kappa shape index (κ3) is 4.36. The van der Waals surface area contributed by atoms with Crippen LogP contribution in [0.2, 0.25) is 0 Å². The monoisotopic (exact) mass is 388 g/mol. The van der Waals surface area contributed by atoms with Crippen LogP contribution in [0.15, 0.2) is 59.1 Å². The molecule has 0 aromatic heterocycles. The first-order chi connectivity index (χ1) is 11.6. The van der Waals surface area contributed by atoms with Gasteiger partial charge in [-0.25, -0.2) is 4.79 Å². The van der Waals surface area contributed by atoms with Gasteiger partial charge in [0.15, 0.2) is 0 Å². The first kappa shape index (κ1) is 17.0. The summed E-state index contributed by atoms with van der Waals surface area (Å²) in [6.07, 6.45) is -0.325. The topological polar surface area (TPSA) is 32.8 Å². The molecule has 5 heteroatoms. The molecule has 4 nitrogen and oxygen atoms in total. The van der Waals surface area contributed by atoms with Gasteiger partial charge in [-0.05, 0) is 17.2 Å². The summed E-state index contributed by atoms with van der Waals surface area (Å²) >= 11 is 3.62. The number of carbonyl (C=O) groups excluding carboxylic acids is 1. The molecule has 0 aliphatic carbocycles. The minimum Gasteiger partial charge on any atom is -0.443 e. The molecule has 0 unspecified atom stereocenters. The van der Waals surface area contributed by atoms with E-state index in [1.165, 1.54) is 11.1 Å². The number of nitrogens with zero attached hydrogens (tertiary/aromatic N) is 2. The summed E-state index contributed by atoms with van der Waals surface area (Å²) in [7, 11) is 1.78. The zero-order chi connectivity index (χ0) is 16.9. The van der Waals surface area contributed by atoms with Gasteiger partial charge in [-0.2, -0.15) is 0 Å².